The first-order valence-corrected chi connectivity index (χ1v) is 21.4. The van der Waals surface area contributed by atoms with Crippen molar-refractivity contribution in [2.45, 2.75) is 129 Å². The lowest BCUT2D eigenvalue weighted by Crippen LogP contribution is -2.23. The van der Waals surface area contributed by atoms with Crippen LogP contribution in [0.15, 0.2) is 72.8 Å². The molecule has 2 heteroatoms. The molecule has 4 aliphatic carbocycles. The molecule has 0 spiro atoms. The molecule has 52 heavy (non-hydrogen) atoms. The maximum atomic E-state index is 11.4. The quantitative estimate of drug-likeness (QED) is 0.183. The van der Waals surface area contributed by atoms with Crippen LogP contribution in [0.1, 0.15) is 141 Å². The Morgan fingerprint density at radius 2 is 0.904 bits per heavy atom. The first-order chi connectivity index (χ1) is 25.5. The van der Waals surface area contributed by atoms with Gasteiger partial charge in [-0.25, -0.2) is 0 Å². The molecule has 2 saturated carbocycles. The number of phenols is 2. The van der Waals surface area contributed by atoms with Gasteiger partial charge >= 0.3 is 0 Å². The molecule has 0 aromatic heterocycles. The SMILES string of the molecule is CCCC1CCC(C2CC=C(c3ccc4c(-c5c(O)ccc6cc(C7=CCC(C8CCC(CCC)CC8)CC7)ccc56)c(O)ccc4c3)CC2)CC1. The summed E-state index contributed by atoms with van der Waals surface area (Å²) < 4.78 is 0. The Labute approximate surface area is 313 Å². The van der Waals surface area contributed by atoms with Gasteiger partial charge in [0.15, 0.2) is 0 Å². The molecule has 0 amide bonds. The van der Waals surface area contributed by atoms with Gasteiger partial charge in [-0.1, -0.05) is 114 Å². The molecular weight excluding hydrogens is 633 g/mol. The Balaban J connectivity index is 1.01. The lowest BCUT2D eigenvalue weighted by Gasteiger charge is -2.35. The predicted octanol–water partition coefficient (Wildman–Crippen LogP) is 14.7. The Hall–Kier alpha value is -3.52. The molecule has 0 heterocycles. The van der Waals surface area contributed by atoms with E-state index in [4.69, 9.17) is 0 Å². The van der Waals surface area contributed by atoms with E-state index in [0.717, 1.165) is 81.0 Å². The average Bonchev–Trinajstić information content (AvgIpc) is 3.19. The van der Waals surface area contributed by atoms with Crippen LogP contribution in [0.3, 0.4) is 0 Å². The zero-order valence-electron chi connectivity index (χ0n) is 32.0. The van der Waals surface area contributed by atoms with Crippen LogP contribution in [0, 0.1) is 35.5 Å². The molecule has 0 aliphatic heterocycles. The van der Waals surface area contributed by atoms with E-state index in [2.05, 4.69) is 62.4 Å². The molecule has 0 radical (unpaired) electrons. The molecular formula is C50H62O2. The highest BCUT2D eigenvalue weighted by Crippen LogP contribution is 2.48. The third-order valence-electron chi connectivity index (χ3n) is 14.4. The second-order valence-electron chi connectivity index (χ2n) is 17.5. The van der Waals surface area contributed by atoms with Gasteiger partial charge in [0.25, 0.3) is 0 Å². The Morgan fingerprint density at radius 1 is 0.481 bits per heavy atom. The lowest BCUT2D eigenvalue weighted by molar-refractivity contribution is 0.189. The van der Waals surface area contributed by atoms with Gasteiger partial charge in [-0.2, -0.15) is 0 Å². The van der Waals surface area contributed by atoms with E-state index in [0.29, 0.717) is 0 Å². The van der Waals surface area contributed by atoms with Crippen molar-refractivity contribution in [2.24, 2.45) is 35.5 Å². The van der Waals surface area contributed by atoms with E-state index in [-0.39, 0.29) is 11.5 Å². The Morgan fingerprint density at radius 3 is 1.27 bits per heavy atom. The van der Waals surface area contributed by atoms with E-state index in [9.17, 15) is 10.2 Å². The lowest BCUT2D eigenvalue weighted by atomic mass is 9.70. The minimum absolute atomic E-state index is 0.213. The molecule has 4 aliphatic rings. The number of allylic oxidation sites excluding steroid dienone is 4. The summed E-state index contributed by atoms with van der Waals surface area (Å²) in [6, 6.07) is 21.2. The van der Waals surface area contributed by atoms with Crippen LogP contribution >= 0.6 is 0 Å². The second-order valence-corrected chi connectivity index (χ2v) is 17.5. The molecule has 4 aromatic rings. The molecule has 274 valence electrons. The van der Waals surface area contributed by atoms with Gasteiger partial charge in [0.1, 0.15) is 11.5 Å². The van der Waals surface area contributed by atoms with E-state index in [1.54, 1.807) is 0 Å². The maximum absolute atomic E-state index is 11.4. The van der Waals surface area contributed by atoms with Crippen LogP contribution in [0.2, 0.25) is 0 Å². The summed E-state index contributed by atoms with van der Waals surface area (Å²) in [6.07, 6.45) is 29.4. The van der Waals surface area contributed by atoms with Gasteiger partial charge in [0, 0.05) is 11.1 Å². The number of benzene rings is 4. The van der Waals surface area contributed by atoms with E-state index in [1.165, 1.54) is 125 Å². The molecule has 2 atom stereocenters. The van der Waals surface area contributed by atoms with E-state index < -0.39 is 0 Å². The molecule has 0 saturated heterocycles. The van der Waals surface area contributed by atoms with Crippen LogP contribution in [-0.2, 0) is 0 Å². The minimum atomic E-state index is 0.213. The standard InChI is InChI=1S/C50H62O2/c1-3-5-33-7-11-35(12-8-33)37-15-19-39(20-16-37)41-23-27-45-43(31-41)25-29-47(51)49(45)50-46-28-24-42(32-44(46)26-30-48(50)52)40-21-17-38(18-22-40)36-13-9-34(6-4-2)10-14-36/h19,21,23-38,51-52H,3-18,20,22H2,1-2H3. The topological polar surface area (TPSA) is 40.5 Å². The van der Waals surface area contributed by atoms with Gasteiger partial charge in [-0.05, 0) is 168 Å². The van der Waals surface area contributed by atoms with Crippen LogP contribution in [0.4, 0.5) is 0 Å². The van der Waals surface area contributed by atoms with Crippen LogP contribution in [0.25, 0.3) is 43.8 Å². The number of fused-ring (bicyclic) bond motifs is 2. The average molecular weight is 695 g/mol. The molecule has 2 N–H and O–H groups in total. The fourth-order valence-corrected chi connectivity index (χ4v) is 11.4. The summed E-state index contributed by atoms with van der Waals surface area (Å²) in [6.45, 7) is 4.67. The van der Waals surface area contributed by atoms with Crippen molar-refractivity contribution in [1.82, 2.24) is 0 Å². The van der Waals surface area contributed by atoms with Crippen molar-refractivity contribution in [3.05, 3.63) is 83.9 Å². The van der Waals surface area contributed by atoms with Gasteiger partial charge < -0.3 is 10.2 Å². The highest BCUT2D eigenvalue weighted by atomic mass is 16.3. The summed E-state index contributed by atoms with van der Waals surface area (Å²) >= 11 is 0. The number of phenolic OH excluding ortho intramolecular Hbond substituents is 2. The number of hydrogen-bond acceptors (Lipinski definition) is 2. The zero-order valence-corrected chi connectivity index (χ0v) is 32.0. The fourth-order valence-electron chi connectivity index (χ4n) is 11.4. The first-order valence-electron chi connectivity index (χ1n) is 21.4. The normalized spacial score (nSPS) is 27.0. The highest BCUT2D eigenvalue weighted by molar-refractivity contribution is 6.10. The Kier molecular flexibility index (Phi) is 10.8. The summed E-state index contributed by atoms with van der Waals surface area (Å²) in [5.74, 6) is 5.89. The molecule has 4 aromatic carbocycles. The van der Waals surface area contributed by atoms with E-state index in [1.807, 2.05) is 24.3 Å². The second kappa shape index (κ2) is 15.8. The first kappa shape index (κ1) is 35.5. The van der Waals surface area contributed by atoms with Gasteiger partial charge in [0.05, 0.1) is 0 Å². The maximum Gasteiger partial charge on any atom is 0.124 e. The van der Waals surface area contributed by atoms with E-state index >= 15 is 0 Å². The predicted molar refractivity (Wildman–Crippen MR) is 222 cm³/mol. The molecule has 2 unspecified atom stereocenters. The summed E-state index contributed by atoms with van der Waals surface area (Å²) in [5.41, 5.74) is 6.99. The summed E-state index contributed by atoms with van der Waals surface area (Å²) in [4.78, 5) is 0. The largest absolute Gasteiger partial charge is 0.507 e. The van der Waals surface area contributed by atoms with Gasteiger partial charge in [-0.3, -0.25) is 0 Å². The van der Waals surface area contributed by atoms with Crippen LogP contribution in [-0.4, -0.2) is 10.2 Å². The smallest absolute Gasteiger partial charge is 0.124 e. The number of rotatable bonds is 9. The number of hydrogen-bond donors (Lipinski definition) is 2. The molecule has 2 fully saturated rings. The van der Waals surface area contributed by atoms with Crippen molar-refractivity contribution in [2.75, 3.05) is 0 Å². The molecule has 2 nitrogen and oxygen atoms in total. The van der Waals surface area contributed by atoms with Gasteiger partial charge in [-0.15, -0.1) is 0 Å². The highest BCUT2D eigenvalue weighted by Gasteiger charge is 2.30. The van der Waals surface area contributed by atoms with Crippen LogP contribution < -0.4 is 0 Å². The van der Waals surface area contributed by atoms with Crippen molar-refractivity contribution in [1.29, 1.82) is 0 Å². The summed E-state index contributed by atoms with van der Waals surface area (Å²) in [7, 11) is 0. The monoisotopic (exact) mass is 694 g/mol. The van der Waals surface area contributed by atoms with Crippen molar-refractivity contribution < 1.29 is 10.2 Å². The fraction of sp³-hybridized carbons (Fsp3) is 0.520. The van der Waals surface area contributed by atoms with Crippen molar-refractivity contribution in [3.8, 4) is 22.6 Å². The van der Waals surface area contributed by atoms with Crippen molar-refractivity contribution >= 4 is 32.7 Å². The number of aromatic hydroxyl groups is 2. The Bertz CT molecular complexity index is 1790. The van der Waals surface area contributed by atoms with Crippen molar-refractivity contribution in [3.63, 3.8) is 0 Å². The van der Waals surface area contributed by atoms with Gasteiger partial charge in [0.2, 0.25) is 0 Å². The molecule has 8 rings (SSSR count). The zero-order chi connectivity index (χ0) is 35.6. The van der Waals surface area contributed by atoms with Crippen LogP contribution in [0.5, 0.6) is 11.5 Å². The minimum Gasteiger partial charge on any atom is -0.507 e. The third-order valence-corrected chi connectivity index (χ3v) is 14.4. The summed E-state index contributed by atoms with van der Waals surface area (Å²) in [5, 5.41) is 26.9. The third kappa shape index (κ3) is 7.34. The molecule has 0 bridgehead atoms.